The topological polar surface area (TPSA) is 104 Å². The van der Waals surface area contributed by atoms with Crippen LogP contribution in [0.25, 0.3) is 5.76 Å². The van der Waals surface area contributed by atoms with Crippen LogP contribution < -0.4 is 0 Å². The van der Waals surface area contributed by atoms with Crippen LogP contribution >= 0.6 is 11.6 Å². The summed E-state index contributed by atoms with van der Waals surface area (Å²) in [4.78, 5) is 41.7. The van der Waals surface area contributed by atoms with Crippen molar-refractivity contribution < 1.29 is 33.3 Å². The summed E-state index contributed by atoms with van der Waals surface area (Å²) in [7, 11) is 1.61. The number of hydrogen-bond acceptors (Lipinski definition) is 8. The molecule has 2 aliphatic heterocycles. The van der Waals surface area contributed by atoms with Crippen LogP contribution in [0.1, 0.15) is 64.0 Å². The van der Waals surface area contributed by atoms with E-state index in [-0.39, 0.29) is 37.2 Å². The molecule has 10 heteroatoms. The Morgan fingerprint density at radius 3 is 2.58 bits per heavy atom. The van der Waals surface area contributed by atoms with E-state index in [1.54, 1.807) is 13.2 Å². The van der Waals surface area contributed by atoms with Crippen LogP contribution in [0.2, 0.25) is 0 Å². The molecule has 3 rings (SSSR count). The Labute approximate surface area is 241 Å². The summed E-state index contributed by atoms with van der Waals surface area (Å²) in [5.41, 5.74) is 2.76. The molecule has 1 aromatic carbocycles. The van der Waals surface area contributed by atoms with Crippen LogP contribution in [0.4, 0.5) is 0 Å². The van der Waals surface area contributed by atoms with Gasteiger partial charge in [-0.1, -0.05) is 57.9 Å². The summed E-state index contributed by atoms with van der Waals surface area (Å²) < 4.78 is 22.8. The molecule has 1 saturated heterocycles. The highest BCUT2D eigenvalue weighted by Gasteiger charge is 2.41. The van der Waals surface area contributed by atoms with Crippen LogP contribution in [-0.4, -0.2) is 67.1 Å². The van der Waals surface area contributed by atoms with E-state index in [2.05, 4.69) is 24.0 Å². The van der Waals surface area contributed by atoms with Gasteiger partial charge in [-0.25, -0.2) is 0 Å². The van der Waals surface area contributed by atoms with E-state index in [1.165, 1.54) is 23.3 Å². The summed E-state index contributed by atoms with van der Waals surface area (Å²) >= 11 is 5.63. The quantitative estimate of drug-likeness (QED) is 0.133. The van der Waals surface area contributed by atoms with Crippen molar-refractivity contribution in [3.63, 3.8) is 0 Å². The molecule has 2 aliphatic rings. The van der Waals surface area contributed by atoms with Gasteiger partial charge in [-0.2, -0.15) is 0 Å². The molecule has 3 unspecified atom stereocenters. The maximum atomic E-state index is 12.1. The number of benzene rings is 1. The minimum atomic E-state index is -0.773. The lowest BCUT2D eigenvalue weighted by atomic mass is 10.0. The highest BCUT2D eigenvalue weighted by atomic mass is 35.5. The number of halogens is 1. The summed E-state index contributed by atoms with van der Waals surface area (Å²) in [6, 6.07) is 8.23. The summed E-state index contributed by atoms with van der Waals surface area (Å²) in [5, 5.41) is 0. The molecule has 0 aromatic heterocycles. The van der Waals surface area contributed by atoms with E-state index in [4.69, 9.17) is 30.5 Å². The molecular weight excluding hydrogens is 536 g/mol. The third-order valence-electron chi connectivity index (χ3n) is 6.55. The fraction of sp³-hybridized carbons (Fsp3) is 0.533. The van der Waals surface area contributed by atoms with Gasteiger partial charge >= 0.3 is 11.9 Å². The molecule has 218 valence electrons. The second-order valence-electron chi connectivity index (χ2n) is 10.2. The van der Waals surface area contributed by atoms with Crippen molar-refractivity contribution in [2.75, 3.05) is 19.5 Å². The Bertz CT molecular complexity index is 1110. The first-order valence-corrected chi connectivity index (χ1v) is 14.3. The van der Waals surface area contributed by atoms with Gasteiger partial charge in [0.15, 0.2) is 0 Å². The molecule has 0 N–H and O–H groups in total. The lowest BCUT2D eigenvalue weighted by Gasteiger charge is -2.21. The second kappa shape index (κ2) is 15.6. The van der Waals surface area contributed by atoms with Crippen molar-refractivity contribution in [3.8, 4) is 0 Å². The first-order chi connectivity index (χ1) is 19.3. The fourth-order valence-electron chi connectivity index (χ4n) is 4.49. The third-order valence-corrected chi connectivity index (χ3v) is 6.77. The Hall–Kier alpha value is -3.17. The Kier molecular flexibility index (Phi) is 12.2. The van der Waals surface area contributed by atoms with E-state index in [0.717, 1.165) is 18.4 Å². The normalized spacial score (nSPS) is 22.4. The molecule has 3 atom stereocenters. The van der Waals surface area contributed by atoms with Gasteiger partial charge in [-0.3, -0.25) is 24.3 Å². The molecule has 40 heavy (non-hydrogen) atoms. The lowest BCUT2D eigenvalue weighted by molar-refractivity contribution is -0.158. The lowest BCUT2D eigenvalue weighted by Crippen LogP contribution is -2.33. The SMILES string of the molecule is CCCCCc1ccc(C2=C/C(=C/N(C=O)C3CC(OC(=O)CCl)C(COC(=O)CC(C)C)O3)C(=NC)O2)cc1. The molecule has 1 aromatic rings. The number of carbonyl (C=O) groups excluding carboxylic acids is 3. The van der Waals surface area contributed by atoms with Gasteiger partial charge in [-0.05, 0) is 30.4 Å². The van der Waals surface area contributed by atoms with Crippen molar-refractivity contribution in [3.05, 3.63) is 53.2 Å². The molecule has 0 saturated carbocycles. The fourth-order valence-corrected chi connectivity index (χ4v) is 4.55. The Morgan fingerprint density at radius 2 is 1.95 bits per heavy atom. The second-order valence-corrected chi connectivity index (χ2v) is 10.5. The number of nitrogens with zero attached hydrogens (tertiary/aromatic N) is 2. The maximum absolute atomic E-state index is 12.1. The molecule has 9 nitrogen and oxygen atoms in total. The number of esters is 2. The third kappa shape index (κ3) is 8.93. The highest BCUT2D eigenvalue weighted by molar-refractivity contribution is 6.26. The summed E-state index contributed by atoms with van der Waals surface area (Å²) in [6.07, 6.45) is 6.76. The van der Waals surface area contributed by atoms with Crippen LogP contribution in [0.15, 0.2) is 47.1 Å². The minimum Gasteiger partial charge on any atom is -0.463 e. The molecular formula is C30H39ClN2O7. The molecule has 0 spiro atoms. The smallest absolute Gasteiger partial charge is 0.321 e. The number of alkyl halides is 1. The Morgan fingerprint density at radius 1 is 1.20 bits per heavy atom. The first kappa shape index (κ1) is 31.4. The van der Waals surface area contributed by atoms with Gasteiger partial charge < -0.3 is 18.9 Å². The predicted molar refractivity (Wildman–Crippen MR) is 152 cm³/mol. The zero-order chi connectivity index (χ0) is 29.1. The van der Waals surface area contributed by atoms with Crippen molar-refractivity contribution >= 4 is 41.6 Å². The monoisotopic (exact) mass is 574 g/mol. The Balaban J connectivity index is 1.74. The number of hydrogen-bond donors (Lipinski definition) is 0. The summed E-state index contributed by atoms with van der Waals surface area (Å²) in [5.74, 6) is -0.221. The minimum absolute atomic E-state index is 0.116. The zero-order valence-electron chi connectivity index (χ0n) is 23.6. The highest BCUT2D eigenvalue weighted by Crippen LogP contribution is 2.30. The van der Waals surface area contributed by atoms with Crippen LogP contribution in [0, 0.1) is 5.92 Å². The van der Waals surface area contributed by atoms with Crippen LogP contribution in [0.5, 0.6) is 0 Å². The number of ether oxygens (including phenoxy) is 4. The van der Waals surface area contributed by atoms with Gasteiger partial charge in [0.1, 0.15) is 36.7 Å². The average molecular weight is 575 g/mol. The van der Waals surface area contributed by atoms with E-state index in [9.17, 15) is 14.4 Å². The van der Waals surface area contributed by atoms with Crippen LogP contribution in [-0.2, 0) is 39.8 Å². The number of amides is 1. The number of carbonyl (C=O) groups is 3. The van der Waals surface area contributed by atoms with Gasteiger partial charge in [-0.15, -0.1) is 11.6 Å². The van der Waals surface area contributed by atoms with Crippen molar-refractivity contribution in [2.45, 2.75) is 77.7 Å². The van der Waals surface area contributed by atoms with Crippen molar-refractivity contribution in [1.29, 1.82) is 0 Å². The molecule has 0 aliphatic carbocycles. The summed E-state index contributed by atoms with van der Waals surface area (Å²) in [6.45, 7) is 5.89. The van der Waals surface area contributed by atoms with Crippen molar-refractivity contribution in [1.82, 2.24) is 4.90 Å². The van der Waals surface area contributed by atoms with E-state index < -0.39 is 24.4 Å². The van der Waals surface area contributed by atoms with Crippen molar-refractivity contribution in [2.24, 2.45) is 10.9 Å². The molecule has 1 amide bonds. The average Bonchev–Trinajstić information content (AvgIpc) is 3.54. The predicted octanol–water partition coefficient (Wildman–Crippen LogP) is 5.02. The number of rotatable bonds is 14. The number of aliphatic imine (C=N–C) groups is 1. The standard InChI is InChI=1S/C30H39ClN2O7/c1-5-6-7-8-21-9-11-22(12-10-21)24-14-23(30(32-4)40-24)17-33(19-34)27-15-25(39-29(36)16-31)26(38-27)18-37-28(35)13-20(2)3/h9-12,14,17,19-20,25-27H,5-8,13,15-16,18H2,1-4H3/b23-17-,32-30?. The van der Waals surface area contributed by atoms with Crippen LogP contribution in [0.3, 0.4) is 0 Å². The molecule has 1 fully saturated rings. The maximum Gasteiger partial charge on any atom is 0.321 e. The number of unbranched alkanes of at least 4 members (excludes halogenated alkanes) is 2. The van der Waals surface area contributed by atoms with Gasteiger partial charge in [0.25, 0.3) is 0 Å². The largest absolute Gasteiger partial charge is 0.463 e. The number of aryl methyl sites for hydroxylation is 1. The first-order valence-electron chi connectivity index (χ1n) is 13.7. The molecule has 0 bridgehead atoms. The molecule has 2 heterocycles. The zero-order valence-corrected chi connectivity index (χ0v) is 24.4. The van der Waals surface area contributed by atoms with E-state index in [1.807, 2.05) is 32.1 Å². The van der Waals surface area contributed by atoms with E-state index >= 15 is 0 Å². The van der Waals surface area contributed by atoms with Gasteiger partial charge in [0.2, 0.25) is 12.3 Å². The van der Waals surface area contributed by atoms with Gasteiger partial charge in [0, 0.05) is 31.7 Å². The van der Waals surface area contributed by atoms with E-state index in [0.29, 0.717) is 23.6 Å². The van der Waals surface area contributed by atoms with Gasteiger partial charge in [0.05, 0.1) is 5.57 Å². The molecule has 0 radical (unpaired) electrons.